The highest BCUT2D eigenvalue weighted by molar-refractivity contribution is 5.87. The molecule has 0 amide bonds. The van der Waals surface area contributed by atoms with Crippen molar-refractivity contribution in [1.29, 1.82) is 0 Å². The van der Waals surface area contributed by atoms with E-state index in [0.717, 1.165) is 18.4 Å². The molecule has 1 N–H and O–H groups in total. The van der Waals surface area contributed by atoms with Crippen molar-refractivity contribution in [3.8, 4) is 0 Å². The van der Waals surface area contributed by atoms with Gasteiger partial charge in [-0.3, -0.25) is 4.79 Å². The lowest BCUT2D eigenvalue weighted by molar-refractivity contribution is -0.125. The Balaban J connectivity index is 2.27. The maximum absolute atomic E-state index is 11.6. The standard InChI is InChI=1S/C12H14O2/c13-10-7-4-8-11(14)12(10)9-5-2-1-3-6-9/h1-3,5-6,10,12-13H,4,7-8H2/t10-,12-/m0/s1. The van der Waals surface area contributed by atoms with Gasteiger partial charge >= 0.3 is 0 Å². The SMILES string of the molecule is O=C1CCC[C@H](O)[C@@H]1c1ccccc1. The van der Waals surface area contributed by atoms with Crippen molar-refractivity contribution < 1.29 is 9.90 Å². The Hall–Kier alpha value is -1.15. The summed E-state index contributed by atoms with van der Waals surface area (Å²) in [6.07, 6.45) is 1.68. The molecule has 1 aromatic rings. The van der Waals surface area contributed by atoms with Gasteiger partial charge in [0.15, 0.2) is 0 Å². The van der Waals surface area contributed by atoms with E-state index in [-0.39, 0.29) is 11.7 Å². The second-order valence-electron chi connectivity index (χ2n) is 3.81. The molecule has 1 saturated carbocycles. The van der Waals surface area contributed by atoms with Crippen molar-refractivity contribution in [3.63, 3.8) is 0 Å². The Labute approximate surface area is 83.6 Å². The summed E-state index contributed by atoms with van der Waals surface area (Å²) >= 11 is 0. The van der Waals surface area contributed by atoms with Gasteiger partial charge in [-0.15, -0.1) is 0 Å². The molecule has 2 atom stereocenters. The maximum atomic E-state index is 11.6. The Morgan fingerprint density at radius 1 is 1.21 bits per heavy atom. The van der Waals surface area contributed by atoms with Crippen LogP contribution in [0.15, 0.2) is 30.3 Å². The number of rotatable bonds is 1. The first-order valence-corrected chi connectivity index (χ1v) is 5.05. The first-order valence-electron chi connectivity index (χ1n) is 5.05. The Kier molecular flexibility index (Phi) is 2.64. The minimum Gasteiger partial charge on any atom is -0.392 e. The fourth-order valence-electron chi connectivity index (χ4n) is 2.09. The average Bonchev–Trinajstić information content (AvgIpc) is 2.19. The van der Waals surface area contributed by atoms with Gasteiger partial charge in [0.25, 0.3) is 0 Å². The third-order valence-electron chi connectivity index (χ3n) is 2.81. The molecule has 1 fully saturated rings. The van der Waals surface area contributed by atoms with Gasteiger partial charge in [-0.1, -0.05) is 30.3 Å². The number of benzene rings is 1. The average molecular weight is 190 g/mol. The van der Waals surface area contributed by atoms with Crippen molar-refractivity contribution in [1.82, 2.24) is 0 Å². The number of aliphatic hydroxyl groups is 1. The Morgan fingerprint density at radius 3 is 2.57 bits per heavy atom. The highest BCUT2D eigenvalue weighted by atomic mass is 16.3. The summed E-state index contributed by atoms with van der Waals surface area (Å²) in [4.78, 5) is 11.6. The molecule has 2 heteroatoms. The number of carbonyl (C=O) groups excluding carboxylic acids is 1. The third kappa shape index (κ3) is 1.70. The normalized spacial score (nSPS) is 27.6. The molecule has 1 aliphatic rings. The summed E-state index contributed by atoms with van der Waals surface area (Å²) in [6, 6.07) is 9.56. The van der Waals surface area contributed by atoms with Gasteiger partial charge in [-0.25, -0.2) is 0 Å². The summed E-state index contributed by atoms with van der Waals surface area (Å²) in [6.45, 7) is 0. The molecule has 0 spiro atoms. The zero-order valence-corrected chi connectivity index (χ0v) is 8.02. The first-order chi connectivity index (χ1) is 6.79. The van der Waals surface area contributed by atoms with Gasteiger partial charge in [0.2, 0.25) is 0 Å². The molecule has 0 aromatic heterocycles. The quantitative estimate of drug-likeness (QED) is 0.734. The molecule has 1 aliphatic carbocycles. The molecular weight excluding hydrogens is 176 g/mol. The topological polar surface area (TPSA) is 37.3 Å². The van der Waals surface area contributed by atoms with Crippen molar-refractivity contribution in [3.05, 3.63) is 35.9 Å². The van der Waals surface area contributed by atoms with E-state index >= 15 is 0 Å². The largest absolute Gasteiger partial charge is 0.392 e. The zero-order valence-electron chi connectivity index (χ0n) is 8.02. The number of hydrogen-bond acceptors (Lipinski definition) is 2. The van der Waals surface area contributed by atoms with E-state index in [4.69, 9.17) is 0 Å². The lowest BCUT2D eigenvalue weighted by atomic mass is 9.81. The van der Waals surface area contributed by atoms with Gasteiger partial charge in [-0.2, -0.15) is 0 Å². The fraction of sp³-hybridized carbons (Fsp3) is 0.417. The zero-order chi connectivity index (χ0) is 9.97. The van der Waals surface area contributed by atoms with Gasteiger partial charge < -0.3 is 5.11 Å². The molecule has 0 radical (unpaired) electrons. The second-order valence-corrected chi connectivity index (χ2v) is 3.81. The molecule has 0 aliphatic heterocycles. The molecule has 0 saturated heterocycles. The van der Waals surface area contributed by atoms with E-state index in [2.05, 4.69) is 0 Å². The van der Waals surface area contributed by atoms with E-state index in [9.17, 15) is 9.90 Å². The van der Waals surface area contributed by atoms with Crippen LogP contribution in [0.2, 0.25) is 0 Å². The van der Waals surface area contributed by atoms with Gasteiger partial charge in [0, 0.05) is 6.42 Å². The molecule has 2 rings (SSSR count). The van der Waals surface area contributed by atoms with E-state index in [1.165, 1.54) is 0 Å². The van der Waals surface area contributed by atoms with Crippen LogP contribution in [0.25, 0.3) is 0 Å². The lowest BCUT2D eigenvalue weighted by Crippen LogP contribution is -2.30. The van der Waals surface area contributed by atoms with E-state index in [1.54, 1.807) is 0 Å². The van der Waals surface area contributed by atoms with Crippen LogP contribution in [-0.4, -0.2) is 17.0 Å². The van der Waals surface area contributed by atoms with Crippen LogP contribution in [0.3, 0.4) is 0 Å². The van der Waals surface area contributed by atoms with Crippen LogP contribution in [-0.2, 0) is 4.79 Å². The van der Waals surface area contributed by atoms with E-state index in [0.29, 0.717) is 6.42 Å². The van der Waals surface area contributed by atoms with Crippen LogP contribution >= 0.6 is 0 Å². The second kappa shape index (κ2) is 3.93. The summed E-state index contributed by atoms with van der Waals surface area (Å²) in [5.41, 5.74) is 0.949. The number of carbonyl (C=O) groups is 1. The molecule has 0 unspecified atom stereocenters. The molecule has 74 valence electrons. The van der Waals surface area contributed by atoms with Gasteiger partial charge in [0.05, 0.1) is 12.0 Å². The number of hydrogen-bond donors (Lipinski definition) is 1. The van der Waals surface area contributed by atoms with Crippen molar-refractivity contribution >= 4 is 5.78 Å². The van der Waals surface area contributed by atoms with Crippen molar-refractivity contribution in [2.45, 2.75) is 31.3 Å². The predicted octanol–water partition coefficient (Wildman–Crippen LogP) is 1.88. The Morgan fingerprint density at radius 2 is 1.93 bits per heavy atom. The number of aliphatic hydroxyl groups excluding tert-OH is 1. The molecule has 0 heterocycles. The summed E-state index contributed by atoms with van der Waals surface area (Å²) < 4.78 is 0. The fourth-order valence-corrected chi connectivity index (χ4v) is 2.09. The Bertz CT molecular complexity index is 318. The van der Waals surface area contributed by atoms with E-state index in [1.807, 2.05) is 30.3 Å². The molecule has 0 bridgehead atoms. The van der Waals surface area contributed by atoms with Crippen LogP contribution in [0.4, 0.5) is 0 Å². The van der Waals surface area contributed by atoms with Crippen molar-refractivity contribution in [2.24, 2.45) is 0 Å². The number of ketones is 1. The van der Waals surface area contributed by atoms with Crippen LogP contribution in [0, 0.1) is 0 Å². The minimum atomic E-state index is -0.487. The molecule has 14 heavy (non-hydrogen) atoms. The summed E-state index contributed by atoms with van der Waals surface area (Å²) in [5, 5.41) is 9.77. The van der Waals surface area contributed by atoms with Crippen molar-refractivity contribution in [2.75, 3.05) is 0 Å². The van der Waals surface area contributed by atoms with E-state index < -0.39 is 6.10 Å². The molecule has 2 nitrogen and oxygen atoms in total. The number of Topliss-reactive ketones (excluding diaryl/α,β-unsaturated/α-hetero) is 1. The predicted molar refractivity (Wildman–Crippen MR) is 54.0 cm³/mol. The smallest absolute Gasteiger partial charge is 0.142 e. The highest BCUT2D eigenvalue weighted by Crippen LogP contribution is 2.29. The third-order valence-corrected chi connectivity index (χ3v) is 2.81. The van der Waals surface area contributed by atoms with Crippen LogP contribution in [0.5, 0.6) is 0 Å². The molecule has 1 aromatic carbocycles. The minimum absolute atomic E-state index is 0.176. The highest BCUT2D eigenvalue weighted by Gasteiger charge is 2.31. The van der Waals surface area contributed by atoms with Gasteiger partial charge in [0.1, 0.15) is 5.78 Å². The molecular formula is C12H14O2. The monoisotopic (exact) mass is 190 g/mol. The van der Waals surface area contributed by atoms with Gasteiger partial charge in [-0.05, 0) is 18.4 Å². The first kappa shape index (κ1) is 9.41. The summed E-state index contributed by atoms with van der Waals surface area (Å²) in [5.74, 6) is -0.111. The van der Waals surface area contributed by atoms with Crippen LogP contribution < -0.4 is 0 Å². The van der Waals surface area contributed by atoms with Crippen LogP contribution in [0.1, 0.15) is 30.7 Å². The maximum Gasteiger partial charge on any atom is 0.142 e. The lowest BCUT2D eigenvalue weighted by Gasteiger charge is -2.26. The summed E-state index contributed by atoms with van der Waals surface area (Å²) in [7, 11) is 0.